The highest BCUT2D eigenvalue weighted by Crippen LogP contribution is 2.16. The molecular weight excluding hydrogens is 351 g/mol. The Morgan fingerprint density at radius 1 is 1.23 bits per heavy atom. The number of aliphatic imine (C=N–C) groups is 1. The molecule has 0 spiro atoms. The van der Waals surface area contributed by atoms with Gasteiger partial charge in [0.25, 0.3) is 0 Å². The van der Waals surface area contributed by atoms with Crippen LogP contribution in [0.3, 0.4) is 0 Å². The van der Waals surface area contributed by atoms with Crippen molar-refractivity contribution in [2.24, 2.45) is 4.99 Å². The molecule has 0 aliphatic rings. The van der Waals surface area contributed by atoms with E-state index in [4.69, 9.17) is 4.74 Å². The first kappa shape index (κ1) is 20.0. The molecule has 1 aromatic heterocycles. The Bertz CT molecular complexity index is 739. The fraction of sp³-hybridized carbons (Fsp3) is 0.368. The van der Waals surface area contributed by atoms with E-state index in [1.165, 1.54) is 6.07 Å². The number of methoxy groups -OCH3 is 1. The number of ether oxygens (including phenoxy) is 1. The zero-order chi connectivity index (χ0) is 18.8. The predicted octanol–water partition coefficient (Wildman–Crippen LogP) is 3.35. The second kappa shape index (κ2) is 10.7. The normalized spacial score (nSPS) is 11.3. The van der Waals surface area contributed by atoms with Gasteiger partial charge in [0, 0.05) is 31.1 Å². The van der Waals surface area contributed by atoms with Crippen molar-refractivity contribution in [1.82, 2.24) is 15.6 Å². The van der Waals surface area contributed by atoms with Crippen LogP contribution in [-0.2, 0) is 18.8 Å². The molecule has 2 rings (SSSR count). The lowest BCUT2D eigenvalue weighted by atomic mass is 10.1. The van der Waals surface area contributed by atoms with Gasteiger partial charge in [-0.2, -0.15) is 11.8 Å². The fourth-order valence-electron chi connectivity index (χ4n) is 2.41. The van der Waals surface area contributed by atoms with Gasteiger partial charge in [0.15, 0.2) is 5.96 Å². The van der Waals surface area contributed by atoms with Crippen LogP contribution in [0.4, 0.5) is 4.39 Å². The van der Waals surface area contributed by atoms with Crippen molar-refractivity contribution in [3.05, 3.63) is 59.0 Å². The van der Waals surface area contributed by atoms with Crippen molar-refractivity contribution in [2.75, 3.05) is 19.9 Å². The maximum Gasteiger partial charge on any atom is 0.213 e. The monoisotopic (exact) mass is 376 g/mol. The Kier molecular flexibility index (Phi) is 8.21. The Morgan fingerprint density at radius 3 is 2.81 bits per heavy atom. The zero-order valence-corrected chi connectivity index (χ0v) is 16.2. The summed E-state index contributed by atoms with van der Waals surface area (Å²) in [6, 6.07) is 8.69. The van der Waals surface area contributed by atoms with Crippen LogP contribution in [0.1, 0.15) is 23.6 Å². The van der Waals surface area contributed by atoms with E-state index in [9.17, 15) is 4.39 Å². The second-order valence-electron chi connectivity index (χ2n) is 5.60. The quantitative estimate of drug-likeness (QED) is 0.547. The molecule has 140 valence electrons. The van der Waals surface area contributed by atoms with Crippen molar-refractivity contribution in [1.29, 1.82) is 0 Å². The van der Waals surface area contributed by atoms with Gasteiger partial charge < -0.3 is 15.4 Å². The number of pyridine rings is 1. The van der Waals surface area contributed by atoms with Gasteiger partial charge in [0.1, 0.15) is 5.82 Å². The third-order valence-corrected chi connectivity index (χ3v) is 4.29. The molecule has 0 aliphatic carbocycles. The Labute approximate surface area is 158 Å². The van der Waals surface area contributed by atoms with Crippen molar-refractivity contribution >= 4 is 17.7 Å². The van der Waals surface area contributed by atoms with Gasteiger partial charge in [-0.3, -0.25) is 0 Å². The van der Waals surface area contributed by atoms with Crippen LogP contribution in [-0.4, -0.2) is 30.9 Å². The number of aromatic nitrogens is 1. The highest BCUT2D eigenvalue weighted by Gasteiger charge is 2.06. The summed E-state index contributed by atoms with van der Waals surface area (Å²) >= 11 is 1.68. The van der Waals surface area contributed by atoms with Gasteiger partial charge >= 0.3 is 0 Å². The molecule has 0 radical (unpaired) electrons. The molecule has 0 aliphatic heterocycles. The predicted molar refractivity (Wildman–Crippen MR) is 106 cm³/mol. The number of nitrogens with one attached hydrogen (secondary N) is 2. The summed E-state index contributed by atoms with van der Waals surface area (Å²) < 4.78 is 18.6. The molecule has 0 fully saturated rings. The largest absolute Gasteiger partial charge is 0.481 e. The first-order chi connectivity index (χ1) is 12.7. The number of nitrogens with zero attached hydrogens (tertiary/aromatic N) is 2. The van der Waals surface area contributed by atoms with E-state index in [1.54, 1.807) is 31.1 Å². The van der Waals surface area contributed by atoms with Crippen molar-refractivity contribution in [2.45, 2.75) is 25.8 Å². The molecule has 2 N–H and O–H groups in total. The van der Waals surface area contributed by atoms with Gasteiger partial charge in [-0.1, -0.05) is 6.07 Å². The zero-order valence-electron chi connectivity index (χ0n) is 15.4. The highest BCUT2D eigenvalue weighted by molar-refractivity contribution is 7.97. The maximum absolute atomic E-state index is 13.5. The summed E-state index contributed by atoms with van der Waals surface area (Å²) in [6.45, 7) is 3.87. The van der Waals surface area contributed by atoms with Gasteiger partial charge in [-0.15, -0.1) is 0 Å². The maximum atomic E-state index is 13.5. The summed E-state index contributed by atoms with van der Waals surface area (Å²) in [7, 11) is 1.59. The SMILES string of the molecule is CCNC(=NCc1ccnc(OC)c1)NCc1ccc(F)cc1CSC. The average Bonchev–Trinajstić information content (AvgIpc) is 2.65. The third-order valence-electron chi connectivity index (χ3n) is 3.69. The van der Waals surface area contributed by atoms with Crippen LogP contribution in [0.2, 0.25) is 0 Å². The molecule has 7 heteroatoms. The summed E-state index contributed by atoms with van der Waals surface area (Å²) in [5, 5.41) is 6.54. The molecule has 0 atom stereocenters. The fourth-order valence-corrected chi connectivity index (χ4v) is 2.99. The molecular formula is C19H25FN4OS. The summed E-state index contributed by atoms with van der Waals surface area (Å²) in [6.07, 6.45) is 3.72. The molecule has 5 nitrogen and oxygen atoms in total. The minimum absolute atomic E-state index is 0.204. The lowest BCUT2D eigenvalue weighted by Gasteiger charge is -2.14. The minimum atomic E-state index is -0.204. The van der Waals surface area contributed by atoms with Crippen LogP contribution in [0.15, 0.2) is 41.5 Å². The lowest BCUT2D eigenvalue weighted by molar-refractivity contribution is 0.397. The van der Waals surface area contributed by atoms with Crippen LogP contribution in [0.25, 0.3) is 0 Å². The van der Waals surface area contributed by atoms with E-state index >= 15 is 0 Å². The number of hydrogen-bond acceptors (Lipinski definition) is 4. The third kappa shape index (κ3) is 6.22. The molecule has 1 heterocycles. The highest BCUT2D eigenvalue weighted by atomic mass is 32.2. The van der Waals surface area contributed by atoms with E-state index in [0.29, 0.717) is 24.9 Å². The number of thioether (sulfide) groups is 1. The first-order valence-electron chi connectivity index (χ1n) is 8.43. The minimum Gasteiger partial charge on any atom is -0.481 e. The smallest absolute Gasteiger partial charge is 0.213 e. The van der Waals surface area contributed by atoms with Crippen molar-refractivity contribution < 1.29 is 9.13 Å². The standard InChI is InChI=1S/C19H25FN4OS/c1-4-21-19(23-11-14-7-8-22-18(9-14)25-2)24-12-15-5-6-17(20)10-16(15)13-26-3/h5-10H,4,11-13H2,1-3H3,(H2,21,23,24). The van der Waals surface area contributed by atoms with Crippen LogP contribution in [0, 0.1) is 5.82 Å². The van der Waals surface area contributed by atoms with Crippen LogP contribution in [0.5, 0.6) is 5.88 Å². The second-order valence-corrected chi connectivity index (χ2v) is 6.47. The number of halogens is 1. The van der Waals surface area contributed by atoms with Gasteiger partial charge in [0.2, 0.25) is 5.88 Å². The number of hydrogen-bond donors (Lipinski definition) is 2. The molecule has 2 aromatic rings. The summed E-state index contributed by atoms with van der Waals surface area (Å²) in [5.74, 6) is 1.86. The topological polar surface area (TPSA) is 58.5 Å². The summed E-state index contributed by atoms with van der Waals surface area (Å²) in [4.78, 5) is 8.70. The lowest BCUT2D eigenvalue weighted by Crippen LogP contribution is -2.37. The number of guanidine groups is 1. The molecule has 0 unspecified atom stereocenters. The Hall–Kier alpha value is -2.28. The van der Waals surface area contributed by atoms with Gasteiger partial charge in [0.05, 0.1) is 13.7 Å². The molecule has 1 aromatic carbocycles. The first-order valence-corrected chi connectivity index (χ1v) is 9.83. The van der Waals surface area contributed by atoms with Crippen LogP contribution >= 0.6 is 11.8 Å². The van der Waals surface area contributed by atoms with Crippen molar-refractivity contribution in [3.63, 3.8) is 0 Å². The molecule has 26 heavy (non-hydrogen) atoms. The average molecular weight is 377 g/mol. The number of rotatable bonds is 8. The molecule has 0 amide bonds. The van der Waals surface area contributed by atoms with E-state index in [2.05, 4.69) is 20.6 Å². The van der Waals surface area contributed by atoms with E-state index in [0.717, 1.165) is 29.0 Å². The Balaban J connectivity index is 2.05. The molecule has 0 bridgehead atoms. The number of benzene rings is 1. The Morgan fingerprint density at radius 2 is 2.08 bits per heavy atom. The van der Waals surface area contributed by atoms with E-state index in [1.807, 2.05) is 31.4 Å². The van der Waals surface area contributed by atoms with Gasteiger partial charge in [-0.25, -0.2) is 14.4 Å². The van der Waals surface area contributed by atoms with Gasteiger partial charge in [-0.05, 0) is 48.1 Å². The van der Waals surface area contributed by atoms with Crippen molar-refractivity contribution in [3.8, 4) is 5.88 Å². The van der Waals surface area contributed by atoms with E-state index < -0.39 is 0 Å². The van der Waals surface area contributed by atoms with Crippen LogP contribution < -0.4 is 15.4 Å². The van der Waals surface area contributed by atoms with E-state index in [-0.39, 0.29) is 5.82 Å². The summed E-state index contributed by atoms with van der Waals surface area (Å²) in [5.41, 5.74) is 3.08. The molecule has 0 saturated carbocycles. The molecule has 0 saturated heterocycles.